The molecule has 2 aliphatic rings. The van der Waals surface area contributed by atoms with E-state index in [-0.39, 0.29) is 16.6 Å². The molecule has 0 saturated carbocycles. The molecule has 0 spiro atoms. The maximum atomic E-state index is 15.4. The van der Waals surface area contributed by atoms with Gasteiger partial charge < -0.3 is 14.4 Å². The quantitative estimate of drug-likeness (QED) is 0.228. The Kier molecular flexibility index (Phi) is 8.18. The van der Waals surface area contributed by atoms with Gasteiger partial charge in [-0.1, -0.05) is 17.7 Å². The molecule has 6 rings (SSSR count). The molecule has 4 aromatic rings. The monoisotopic (exact) mass is 652 g/mol. The van der Waals surface area contributed by atoms with E-state index in [1.807, 2.05) is 42.6 Å². The van der Waals surface area contributed by atoms with Crippen LogP contribution in [0.25, 0.3) is 0 Å². The lowest BCUT2D eigenvalue weighted by molar-refractivity contribution is -0.127. The normalized spacial score (nSPS) is 20.4. The zero-order valence-corrected chi connectivity index (χ0v) is 27.2. The molecule has 12 heteroatoms. The average Bonchev–Trinajstić information content (AvgIpc) is 3.76. The van der Waals surface area contributed by atoms with Gasteiger partial charge in [0.05, 0.1) is 30.8 Å². The number of nitrogens with zero attached hydrogens (tertiary/aromatic N) is 4. The van der Waals surface area contributed by atoms with Crippen molar-refractivity contribution in [3.05, 3.63) is 99.0 Å². The van der Waals surface area contributed by atoms with Crippen molar-refractivity contribution in [2.45, 2.75) is 35.9 Å². The van der Waals surface area contributed by atoms with Gasteiger partial charge in [-0.3, -0.25) is 9.69 Å². The van der Waals surface area contributed by atoms with Gasteiger partial charge in [0.2, 0.25) is 0 Å². The molecule has 2 unspecified atom stereocenters. The van der Waals surface area contributed by atoms with Crippen LogP contribution in [0.4, 0.5) is 5.69 Å². The maximum absolute atomic E-state index is 15.4. The lowest BCUT2D eigenvalue weighted by Gasteiger charge is -2.42. The number of anilines is 1. The number of sulfonamides is 1. The standard InChI is InChI=1S/C32H33ClN4O5S2/c1-35(2)20-21-7-14-29(42-4)26(18-21)32(36-16-5-6-28(36)30-34-15-17-43-30)25-19-22(33)8-13-27(25)37(31(32)38)44(39,40)24-11-9-23(41-3)10-12-24/h7-15,17-19,28H,5-6,16,20H2,1-4H3. The van der Waals surface area contributed by atoms with Crippen LogP contribution < -0.4 is 13.8 Å². The molecule has 0 aliphatic carbocycles. The molecule has 230 valence electrons. The second-order valence-electron chi connectivity index (χ2n) is 11.1. The highest BCUT2D eigenvalue weighted by atomic mass is 35.5. The molecule has 1 saturated heterocycles. The summed E-state index contributed by atoms with van der Waals surface area (Å²) in [7, 11) is 2.64. The van der Waals surface area contributed by atoms with Gasteiger partial charge in [-0.05, 0) is 87.1 Å². The van der Waals surface area contributed by atoms with Crippen LogP contribution in [0.5, 0.6) is 11.5 Å². The van der Waals surface area contributed by atoms with Crippen LogP contribution in [0.3, 0.4) is 0 Å². The molecular formula is C32H33ClN4O5S2. The number of methoxy groups -OCH3 is 2. The van der Waals surface area contributed by atoms with Crippen molar-refractivity contribution in [2.75, 3.05) is 39.2 Å². The van der Waals surface area contributed by atoms with Crippen molar-refractivity contribution in [3.8, 4) is 11.5 Å². The van der Waals surface area contributed by atoms with E-state index >= 15 is 4.79 Å². The molecular weight excluding hydrogens is 620 g/mol. The number of hydrogen-bond donors (Lipinski definition) is 0. The molecule has 2 atom stereocenters. The maximum Gasteiger partial charge on any atom is 0.271 e. The van der Waals surface area contributed by atoms with E-state index < -0.39 is 21.5 Å². The number of aromatic nitrogens is 1. The number of halogens is 1. The number of ether oxygens (including phenoxy) is 2. The first-order valence-electron chi connectivity index (χ1n) is 14.1. The van der Waals surface area contributed by atoms with E-state index in [0.717, 1.165) is 27.7 Å². The van der Waals surface area contributed by atoms with Gasteiger partial charge >= 0.3 is 0 Å². The van der Waals surface area contributed by atoms with Gasteiger partial charge in [-0.25, -0.2) is 17.7 Å². The number of fused-ring (bicyclic) bond motifs is 1. The van der Waals surface area contributed by atoms with E-state index in [2.05, 4.69) is 9.88 Å². The van der Waals surface area contributed by atoms with Crippen LogP contribution in [0.15, 0.2) is 77.1 Å². The number of hydrogen-bond acceptors (Lipinski definition) is 9. The summed E-state index contributed by atoms with van der Waals surface area (Å²) in [6.07, 6.45) is 3.30. The van der Waals surface area contributed by atoms with Crippen molar-refractivity contribution in [3.63, 3.8) is 0 Å². The van der Waals surface area contributed by atoms with Crippen molar-refractivity contribution >= 4 is 44.6 Å². The molecule has 3 aromatic carbocycles. The molecule has 0 bridgehead atoms. The molecule has 1 fully saturated rings. The lowest BCUT2D eigenvalue weighted by atomic mass is 9.80. The van der Waals surface area contributed by atoms with Crippen molar-refractivity contribution in [1.29, 1.82) is 0 Å². The van der Waals surface area contributed by atoms with Crippen LogP contribution in [0.1, 0.15) is 40.6 Å². The molecule has 0 radical (unpaired) electrons. The third-order valence-electron chi connectivity index (χ3n) is 8.23. The van der Waals surface area contributed by atoms with Crippen LogP contribution in [-0.2, 0) is 26.9 Å². The Bertz CT molecular complexity index is 1800. The number of thiazole rings is 1. The zero-order valence-electron chi connectivity index (χ0n) is 24.9. The zero-order chi connectivity index (χ0) is 31.2. The first-order chi connectivity index (χ1) is 21.1. The van der Waals surface area contributed by atoms with Crippen LogP contribution >= 0.6 is 22.9 Å². The number of likely N-dealkylation sites (tertiary alicyclic amines) is 1. The fourth-order valence-electron chi connectivity index (χ4n) is 6.46. The lowest BCUT2D eigenvalue weighted by Crippen LogP contribution is -2.54. The highest BCUT2D eigenvalue weighted by Gasteiger charge is 2.62. The third-order valence-corrected chi connectivity index (χ3v) is 11.1. The summed E-state index contributed by atoms with van der Waals surface area (Å²) in [5.41, 5.74) is 0.656. The van der Waals surface area contributed by atoms with Gasteiger partial charge in [-0.2, -0.15) is 0 Å². The number of rotatable bonds is 9. The Balaban J connectivity index is 1.67. The Morgan fingerprint density at radius 2 is 1.82 bits per heavy atom. The second kappa shape index (κ2) is 11.8. The second-order valence-corrected chi connectivity index (χ2v) is 14.3. The predicted molar refractivity (Wildman–Crippen MR) is 171 cm³/mol. The molecule has 44 heavy (non-hydrogen) atoms. The molecule has 9 nitrogen and oxygen atoms in total. The SMILES string of the molecule is COc1ccc(S(=O)(=O)N2C(=O)C(c3cc(CN(C)C)ccc3OC)(N3CCCC3c3nccs3)c3cc(Cl)ccc32)cc1. The summed E-state index contributed by atoms with van der Waals surface area (Å²) in [5.74, 6) is 0.360. The minimum atomic E-state index is -4.37. The Morgan fingerprint density at radius 1 is 1.05 bits per heavy atom. The summed E-state index contributed by atoms with van der Waals surface area (Å²) in [4.78, 5) is 24.1. The van der Waals surface area contributed by atoms with Crippen molar-refractivity contribution in [2.24, 2.45) is 0 Å². The van der Waals surface area contributed by atoms with Gasteiger partial charge in [0.1, 0.15) is 16.5 Å². The van der Waals surface area contributed by atoms with Gasteiger partial charge in [0.15, 0.2) is 5.54 Å². The minimum absolute atomic E-state index is 0.0328. The third kappa shape index (κ3) is 4.87. The van der Waals surface area contributed by atoms with Crippen molar-refractivity contribution in [1.82, 2.24) is 14.8 Å². The minimum Gasteiger partial charge on any atom is -0.497 e. The summed E-state index contributed by atoms with van der Waals surface area (Å²) in [6.45, 7) is 1.13. The fourth-order valence-corrected chi connectivity index (χ4v) is 8.87. The molecule has 0 N–H and O–H groups in total. The Labute approximate surface area is 266 Å². The fraction of sp³-hybridized carbons (Fsp3) is 0.312. The summed E-state index contributed by atoms with van der Waals surface area (Å²) in [6, 6.07) is 16.5. The molecule has 1 aromatic heterocycles. The van der Waals surface area contributed by atoms with Crippen LogP contribution in [-0.4, -0.2) is 64.0 Å². The van der Waals surface area contributed by atoms with Gasteiger partial charge in [-0.15, -0.1) is 11.3 Å². The van der Waals surface area contributed by atoms with Gasteiger partial charge in [0, 0.05) is 40.8 Å². The van der Waals surface area contributed by atoms with Crippen LogP contribution in [0.2, 0.25) is 5.02 Å². The highest BCUT2D eigenvalue weighted by molar-refractivity contribution is 7.93. The summed E-state index contributed by atoms with van der Waals surface area (Å²) >= 11 is 8.17. The molecule has 1 amide bonds. The smallest absolute Gasteiger partial charge is 0.271 e. The van der Waals surface area contributed by atoms with E-state index in [1.165, 1.54) is 30.6 Å². The Hall–Kier alpha value is -3.48. The highest BCUT2D eigenvalue weighted by Crippen LogP contribution is 2.57. The van der Waals surface area contributed by atoms with Crippen molar-refractivity contribution < 1.29 is 22.7 Å². The number of amides is 1. The molecule has 3 heterocycles. The predicted octanol–water partition coefficient (Wildman–Crippen LogP) is 5.69. The van der Waals surface area contributed by atoms with E-state index in [0.29, 0.717) is 40.7 Å². The molecule has 2 aliphatic heterocycles. The van der Waals surface area contributed by atoms with Gasteiger partial charge in [0.25, 0.3) is 15.9 Å². The largest absolute Gasteiger partial charge is 0.497 e. The number of carbonyl (C=O) groups is 1. The van der Waals surface area contributed by atoms with Crippen LogP contribution in [0, 0.1) is 0 Å². The average molecular weight is 653 g/mol. The number of carbonyl (C=O) groups excluding carboxylic acids is 1. The first-order valence-corrected chi connectivity index (χ1v) is 16.8. The van der Waals surface area contributed by atoms with E-state index in [1.54, 1.807) is 43.6 Å². The topological polar surface area (TPSA) is 92.3 Å². The first kappa shape index (κ1) is 30.5. The van der Waals surface area contributed by atoms with E-state index in [9.17, 15) is 8.42 Å². The number of benzene rings is 3. The summed E-state index contributed by atoms with van der Waals surface area (Å²) in [5, 5.41) is 3.16. The van der Waals surface area contributed by atoms with E-state index in [4.69, 9.17) is 21.1 Å². The summed E-state index contributed by atoms with van der Waals surface area (Å²) < 4.78 is 41.1. The Morgan fingerprint density at radius 3 is 2.48 bits per heavy atom.